The Balaban J connectivity index is 1.58. The molecule has 1 aliphatic rings. The topological polar surface area (TPSA) is 48.8 Å². The third-order valence-electron chi connectivity index (χ3n) is 4.49. The first-order valence-corrected chi connectivity index (χ1v) is 8.77. The fourth-order valence-corrected chi connectivity index (χ4v) is 3.67. The molecule has 0 spiro atoms. The maximum absolute atomic E-state index is 10.6. The number of aliphatic hydroxyl groups is 1. The van der Waals surface area contributed by atoms with Gasteiger partial charge < -0.3 is 14.7 Å². The van der Waals surface area contributed by atoms with E-state index in [2.05, 4.69) is 21.7 Å². The van der Waals surface area contributed by atoms with Crippen LogP contribution >= 0.6 is 11.3 Å². The lowest BCUT2D eigenvalue weighted by molar-refractivity contribution is 0.0545. The summed E-state index contributed by atoms with van der Waals surface area (Å²) < 4.78 is 5.17. The molecule has 1 aromatic carbocycles. The predicted octanol–water partition coefficient (Wildman–Crippen LogP) is 2.40. The van der Waals surface area contributed by atoms with Crippen LogP contribution in [0, 0.1) is 0 Å². The zero-order valence-corrected chi connectivity index (χ0v) is 14.4. The number of piperazine rings is 1. The fourth-order valence-electron chi connectivity index (χ4n) is 2.97. The Morgan fingerprint density at radius 2 is 1.87 bits per heavy atom. The summed E-state index contributed by atoms with van der Waals surface area (Å²) in [5.74, 6) is 0.811. The van der Waals surface area contributed by atoms with Gasteiger partial charge in [-0.25, -0.2) is 4.98 Å². The van der Waals surface area contributed by atoms with Crippen molar-refractivity contribution in [3.05, 3.63) is 41.4 Å². The van der Waals surface area contributed by atoms with Gasteiger partial charge in [0.2, 0.25) is 0 Å². The van der Waals surface area contributed by atoms with Gasteiger partial charge in [0, 0.05) is 43.8 Å². The minimum Gasteiger partial charge on any atom is -0.497 e. The zero-order valence-electron chi connectivity index (χ0n) is 13.6. The molecule has 1 N–H and O–H groups in total. The van der Waals surface area contributed by atoms with Crippen LogP contribution in [0.15, 0.2) is 35.8 Å². The lowest BCUT2D eigenvalue weighted by atomic mass is 10.0. The van der Waals surface area contributed by atoms with Crippen molar-refractivity contribution >= 4 is 16.5 Å². The van der Waals surface area contributed by atoms with Crippen LogP contribution in [0.5, 0.6) is 5.75 Å². The molecule has 2 atom stereocenters. The van der Waals surface area contributed by atoms with Crippen molar-refractivity contribution in [2.45, 2.75) is 19.1 Å². The van der Waals surface area contributed by atoms with Crippen LogP contribution < -0.4 is 9.64 Å². The van der Waals surface area contributed by atoms with Crippen molar-refractivity contribution in [3.8, 4) is 5.75 Å². The van der Waals surface area contributed by atoms with Crippen molar-refractivity contribution < 1.29 is 9.84 Å². The van der Waals surface area contributed by atoms with E-state index in [4.69, 9.17) is 4.74 Å². The monoisotopic (exact) mass is 333 g/mol. The smallest absolute Gasteiger partial charge is 0.185 e. The first-order chi connectivity index (χ1) is 11.2. The second-order valence-corrected chi connectivity index (χ2v) is 6.67. The molecule has 0 saturated carbocycles. The van der Waals surface area contributed by atoms with E-state index in [9.17, 15) is 5.11 Å². The summed E-state index contributed by atoms with van der Waals surface area (Å²) in [7, 11) is 1.65. The van der Waals surface area contributed by atoms with E-state index in [1.807, 2.05) is 35.8 Å². The Morgan fingerprint density at radius 1 is 1.17 bits per heavy atom. The Kier molecular flexibility index (Phi) is 5.15. The lowest BCUT2D eigenvalue weighted by Gasteiger charge is -2.39. The van der Waals surface area contributed by atoms with Gasteiger partial charge in [-0.05, 0) is 24.6 Å². The van der Waals surface area contributed by atoms with Crippen LogP contribution in [0.4, 0.5) is 5.13 Å². The van der Waals surface area contributed by atoms with Crippen molar-refractivity contribution in [1.29, 1.82) is 0 Å². The minimum atomic E-state index is -0.493. The van der Waals surface area contributed by atoms with Crippen LogP contribution in [0.2, 0.25) is 0 Å². The molecule has 6 heteroatoms. The molecule has 0 bridgehead atoms. The van der Waals surface area contributed by atoms with E-state index in [1.165, 1.54) is 0 Å². The lowest BCUT2D eigenvalue weighted by Crippen LogP contribution is -2.51. The van der Waals surface area contributed by atoms with Crippen molar-refractivity contribution in [1.82, 2.24) is 9.88 Å². The Labute approximate surface area is 141 Å². The summed E-state index contributed by atoms with van der Waals surface area (Å²) in [5.41, 5.74) is 0.931. The molecule has 1 aliphatic heterocycles. The highest BCUT2D eigenvalue weighted by Crippen LogP contribution is 2.25. The summed E-state index contributed by atoms with van der Waals surface area (Å²) in [6.45, 7) is 5.87. The standard InChI is InChI=1S/C17H23N3O2S/c1-13(16(21)14-3-5-15(22-2)6-4-14)19-8-10-20(11-9-19)17-18-7-12-23-17/h3-7,12-13,16,21H,8-11H2,1-2H3/t13-,16+/m1/s1. The van der Waals surface area contributed by atoms with E-state index < -0.39 is 6.10 Å². The third kappa shape index (κ3) is 3.65. The van der Waals surface area contributed by atoms with Gasteiger partial charge in [0.25, 0.3) is 0 Å². The number of anilines is 1. The van der Waals surface area contributed by atoms with E-state index in [0.717, 1.165) is 42.6 Å². The largest absolute Gasteiger partial charge is 0.497 e. The van der Waals surface area contributed by atoms with Gasteiger partial charge in [-0.3, -0.25) is 4.90 Å². The number of nitrogens with zero attached hydrogens (tertiary/aromatic N) is 3. The van der Waals surface area contributed by atoms with Crippen molar-refractivity contribution in [2.24, 2.45) is 0 Å². The van der Waals surface area contributed by atoms with Crippen LogP contribution in [-0.2, 0) is 0 Å². The van der Waals surface area contributed by atoms with Gasteiger partial charge in [-0.1, -0.05) is 12.1 Å². The molecule has 3 rings (SSSR count). The number of hydrogen-bond donors (Lipinski definition) is 1. The summed E-state index contributed by atoms with van der Waals surface area (Å²) in [6.07, 6.45) is 1.36. The molecule has 2 aromatic rings. The van der Waals surface area contributed by atoms with Gasteiger partial charge in [0.1, 0.15) is 5.75 Å². The van der Waals surface area contributed by atoms with Crippen LogP contribution in [0.1, 0.15) is 18.6 Å². The highest BCUT2D eigenvalue weighted by molar-refractivity contribution is 7.13. The maximum Gasteiger partial charge on any atom is 0.185 e. The molecule has 0 unspecified atom stereocenters. The number of benzene rings is 1. The van der Waals surface area contributed by atoms with Crippen LogP contribution in [0.3, 0.4) is 0 Å². The third-order valence-corrected chi connectivity index (χ3v) is 5.33. The second kappa shape index (κ2) is 7.29. The van der Waals surface area contributed by atoms with Gasteiger partial charge in [0.05, 0.1) is 13.2 Å². The highest BCUT2D eigenvalue weighted by atomic mass is 32.1. The number of rotatable bonds is 5. The summed E-state index contributed by atoms with van der Waals surface area (Å²) in [5, 5.41) is 13.8. The molecule has 0 amide bonds. The Morgan fingerprint density at radius 3 is 2.43 bits per heavy atom. The molecule has 0 radical (unpaired) electrons. The Hall–Kier alpha value is -1.63. The molecule has 23 heavy (non-hydrogen) atoms. The van der Waals surface area contributed by atoms with Gasteiger partial charge >= 0.3 is 0 Å². The van der Waals surface area contributed by atoms with E-state index in [-0.39, 0.29) is 6.04 Å². The van der Waals surface area contributed by atoms with Gasteiger partial charge in [-0.15, -0.1) is 11.3 Å². The fraction of sp³-hybridized carbons (Fsp3) is 0.471. The van der Waals surface area contributed by atoms with Crippen molar-refractivity contribution in [2.75, 3.05) is 38.2 Å². The minimum absolute atomic E-state index is 0.0850. The number of methoxy groups -OCH3 is 1. The molecular weight excluding hydrogens is 310 g/mol. The molecule has 1 fully saturated rings. The molecule has 5 nitrogen and oxygen atoms in total. The molecule has 1 saturated heterocycles. The number of aromatic nitrogens is 1. The average molecular weight is 333 g/mol. The average Bonchev–Trinajstić information content (AvgIpc) is 3.15. The number of aliphatic hydroxyl groups excluding tert-OH is 1. The molecule has 0 aliphatic carbocycles. The molecule has 2 heterocycles. The number of ether oxygens (including phenoxy) is 1. The molecule has 124 valence electrons. The Bertz CT molecular complexity index is 595. The molecular formula is C17H23N3O2S. The summed E-state index contributed by atoms with van der Waals surface area (Å²) >= 11 is 1.68. The SMILES string of the molecule is COc1ccc([C@@H](O)[C@@H](C)N2CCN(c3nccs3)CC2)cc1. The quantitative estimate of drug-likeness (QED) is 0.910. The maximum atomic E-state index is 10.6. The van der Waals surface area contributed by atoms with Crippen molar-refractivity contribution in [3.63, 3.8) is 0 Å². The zero-order chi connectivity index (χ0) is 16.2. The predicted molar refractivity (Wildman–Crippen MR) is 93.3 cm³/mol. The van der Waals surface area contributed by atoms with Crippen LogP contribution in [-0.4, -0.2) is 54.3 Å². The first-order valence-electron chi connectivity index (χ1n) is 7.89. The van der Waals surface area contributed by atoms with Gasteiger partial charge in [-0.2, -0.15) is 0 Å². The number of hydrogen-bond acceptors (Lipinski definition) is 6. The van der Waals surface area contributed by atoms with Crippen LogP contribution in [0.25, 0.3) is 0 Å². The first kappa shape index (κ1) is 16.2. The normalized spacial score (nSPS) is 18.7. The van der Waals surface area contributed by atoms with E-state index in [0.29, 0.717) is 0 Å². The van der Waals surface area contributed by atoms with E-state index >= 15 is 0 Å². The number of thiazole rings is 1. The summed E-state index contributed by atoms with van der Waals surface area (Å²) in [6, 6.07) is 7.75. The van der Waals surface area contributed by atoms with E-state index in [1.54, 1.807) is 18.4 Å². The molecule has 1 aromatic heterocycles. The second-order valence-electron chi connectivity index (χ2n) is 5.80. The summed E-state index contributed by atoms with van der Waals surface area (Å²) in [4.78, 5) is 9.03. The highest BCUT2D eigenvalue weighted by Gasteiger charge is 2.27. The van der Waals surface area contributed by atoms with Gasteiger partial charge in [0.15, 0.2) is 5.13 Å².